The second kappa shape index (κ2) is 6.45. The van der Waals surface area contributed by atoms with Crippen LogP contribution in [0.2, 0.25) is 0 Å². The minimum absolute atomic E-state index is 0.0615. The van der Waals surface area contributed by atoms with Crippen LogP contribution in [0.15, 0.2) is 44.2 Å². The lowest BCUT2D eigenvalue weighted by Gasteiger charge is -2.10. The molecule has 0 aliphatic rings. The van der Waals surface area contributed by atoms with Gasteiger partial charge in [-0.05, 0) is 31.2 Å². The van der Waals surface area contributed by atoms with E-state index in [1.165, 1.54) is 26.1 Å². The summed E-state index contributed by atoms with van der Waals surface area (Å²) in [5, 5.41) is 17.4. The van der Waals surface area contributed by atoms with E-state index in [1.807, 2.05) is 0 Å². The van der Waals surface area contributed by atoms with Gasteiger partial charge in [-0.15, -0.1) is 5.11 Å². The molecule has 25 heavy (non-hydrogen) atoms. The fourth-order valence-corrected chi connectivity index (χ4v) is 2.55. The number of benzene rings is 1. The summed E-state index contributed by atoms with van der Waals surface area (Å²) < 4.78 is 31.7. The second-order valence-corrected chi connectivity index (χ2v) is 6.49. The molecule has 1 heterocycles. The van der Waals surface area contributed by atoms with Crippen LogP contribution in [-0.4, -0.2) is 28.6 Å². The van der Waals surface area contributed by atoms with E-state index < -0.39 is 27.5 Å². The highest BCUT2D eigenvalue weighted by molar-refractivity contribution is 7.85. The molecule has 0 atom stereocenters. The lowest BCUT2D eigenvalue weighted by molar-refractivity contribution is 0.0995. The molecule has 0 aliphatic heterocycles. The van der Waals surface area contributed by atoms with Crippen molar-refractivity contribution in [1.29, 1.82) is 0 Å². The van der Waals surface area contributed by atoms with Crippen LogP contribution in [-0.2, 0) is 17.2 Å². The van der Waals surface area contributed by atoms with Gasteiger partial charge >= 0.3 is 0 Å². The van der Waals surface area contributed by atoms with Crippen LogP contribution in [0.4, 0.5) is 11.4 Å². The van der Waals surface area contributed by atoms with Crippen molar-refractivity contribution in [3.8, 4) is 5.88 Å². The zero-order valence-electron chi connectivity index (χ0n) is 13.2. The van der Waals surface area contributed by atoms with Gasteiger partial charge in [0.05, 0.1) is 10.6 Å². The number of rotatable bonds is 4. The Morgan fingerprint density at radius 1 is 1.20 bits per heavy atom. The fraction of sp³-hybridized carbons (Fsp3) is 0.143. The van der Waals surface area contributed by atoms with Crippen molar-refractivity contribution in [2.24, 2.45) is 23.0 Å². The number of aromatic nitrogens is 1. The molecule has 0 radical (unpaired) electrons. The van der Waals surface area contributed by atoms with Crippen LogP contribution in [0.5, 0.6) is 5.88 Å². The number of aromatic hydroxyl groups is 1. The monoisotopic (exact) mass is 366 g/mol. The van der Waals surface area contributed by atoms with Crippen LogP contribution in [0.25, 0.3) is 0 Å². The highest BCUT2D eigenvalue weighted by atomic mass is 32.2. The van der Waals surface area contributed by atoms with Crippen LogP contribution in [0.1, 0.15) is 15.9 Å². The van der Waals surface area contributed by atoms with E-state index in [4.69, 9.17) is 10.3 Å². The number of azo groups is 1. The lowest BCUT2D eigenvalue weighted by Crippen LogP contribution is -2.23. The topological polar surface area (TPSA) is 164 Å². The van der Waals surface area contributed by atoms with E-state index in [9.17, 15) is 23.1 Å². The summed E-state index contributed by atoms with van der Waals surface area (Å²) in [6, 6.07) is 4.75. The number of hydrogen-bond acceptors (Lipinski definition) is 7. The van der Waals surface area contributed by atoms with E-state index >= 15 is 0 Å². The number of nitrogens with two attached hydrogens (primary N) is 1. The Balaban J connectivity index is 2.52. The summed E-state index contributed by atoms with van der Waals surface area (Å²) in [4.78, 5) is 23.3. The number of carbonyl (C=O) groups excluding carboxylic acids is 1. The molecule has 0 saturated carbocycles. The average Bonchev–Trinajstić information content (AvgIpc) is 2.52. The first-order valence-corrected chi connectivity index (χ1v) is 8.19. The van der Waals surface area contributed by atoms with Gasteiger partial charge in [0.1, 0.15) is 5.56 Å². The predicted octanol–water partition coefficient (Wildman–Crippen LogP) is 1.16. The molecule has 10 nitrogen and oxygen atoms in total. The Morgan fingerprint density at radius 2 is 1.76 bits per heavy atom. The van der Waals surface area contributed by atoms with E-state index in [1.54, 1.807) is 0 Å². The maximum atomic E-state index is 12.2. The summed E-state index contributed by atoms with van der Waals surface area (Å²) in [7, 11) is -3.09. The number of pyridine rings is 1. The number of carbonyl (C=O) groups is 1. The minimum atomic E-state index is -4.33. The zero-order valence-corrected chi connectivity index (χ0v) is 14.0. The standard InChI is InChI=1S/C14H14N4O6S/c1-7-10(12(15)19)13(20)18(2)14(21)11(7)17-16-8-3-5-9(6-4-8)25(22,23)24/h3-6,20H,1-2H3,(H2,15,19)(H,22,23,24). The van der Waals surface area contributed by atoms with Gasteiger partial charge in [-0.1, -0.05) is 0 Å². The largest absolute Gasteiger partial charge is 0.494 e. The molecule has 0 unspecified atom stereocenters. The summed E-state index contributed by atoms with van der Waals surface area (Å²) >= 11 is 0. The first kappa shape index (κ1) is 18.3. The molecule has 0 bridgehead atoms. The Morgan fingerprint density at radius 3 is 2.24 bits per heavy atom. The molecule has 2 rings (SSSR count). The molecule has 0 fully saturated rings. The van der Waals surface area contributed by atoms with E-state index in [-0.39, 0.29) is 27.4 Å². The molecular formula is C14H14N4O6S. The van der Waals surface area contributed by atoms with Crippen LogP contribution in [0, 0.1) is 6.92 Å². The molecular weight excluding hydrogens is 352 g/mol. The Labute approximate surface area is 142 Å². The molecule has 132 valence electrons. The second-order valence-electron chi connectivity index (χ2n) is 5.07. The van der Waals surface area contributed by atoms with Gasteiger partial charge in [0.25, 0.3) is 21.6 Å². The molecule has 2 aromatic rings. The summed E-state index contributed by atoms with van der Waals surface area (Å²) in [5.74, 6) is -1.51. The first-order valence-electron chi connectivity index (χ1n) is 6.75. The quantitative estimate of drug-likeness (QED) is 0.542. The van der Waals surface area contributed by atoms with Crippen LogP contribution < -0.4 is 11.3 Å². The molecule has 0 spiro atoms. The van der Waals surface area contributed by atoms with Gasteiger partial charge in [-0.2, -0.15) is 13.5 Å². The van der Waals surface area contributed by atoms with Crippen molar-refractivity contribution in [3.63, 3.8) is 0 Å². The Bertz CT molecular complexity index is 1040. The summed E-state index contributed by atoms with van der Waals surface area (Å²) in [6.07, 6.45) is 0. The SMILES string of the molecule is Cc1c(C(N)=O)c(O)n(C)c(=O)c1N=Nc1ccc(S(=O)(=O)O)cc1. The Hall–Kier alpha value is -3.05. The van der Waals surface area contributed by atoms with Crippen molar-refractivity contribution in [2.45, 2.75) is 11.8 Å². The van der Waals surface area contributed by atoms with Gasteiger partial charge in [0, 0.05) is 12.6 Å². The maximum absolute atomic E-state index is 12.2. The highest BCUT2D eigenvalue weighted by Crippen LogP contribution is 2.26. The number of hydrogen-bond donors (Lipinski definition) is 3. The third-order valence-electron chi connectivity index (χ3n) is 3.43. The fourth-order valence-electron chi connectivity index (χ4n) is 2.07. The van der Waals surface area contributed by atoms with E-state index in [0.29, 0.717) is 0 Å². The number of primary amides is 1. The molecule has 0 aliphatic carbocycles. The lowest BCUT2D eigenvalue weighted by atomic mass is 10.1. The highest BCUT2D eigenvalue weighted by Gasteiger charge is 2.20. The van der Waals surface area contributed by atoms with Gasteiger partial charge in [-0.3, -0.25) is 18.7 Å². The predicted molar refractivity (Wildman–Crippen MR) is 87.0 cm³/mol. The summed E-state index contributed by atoms with van der Waals surface area (Å²) in [5.41, 5.74) is 4.31. The van der Waals surface area contributed by atoms with Crippen molar-refractivity contribution in [1.82, 2.24) is 4.57 Å². The molecule has 1 amide bonds. The number of nitrogens with zero attached hydrogens (tertiary/aromatic N) is 3. The van der Waals surface area contributed by atoms with Crippen molar-refractivity contribution < 1.29 is 22.9 Å². The molecule has 4 N–H and O–H groups in total. The van der Waals surface area contributed by atoms with Crippen LogP contribution >= 0.6 is 0 Å². The zero-order chi connectivity index (χ0) is 18.9. The maximum Gasteiger partial charge on any atom is 0.294 e. The summed E-state index contributed by atoms with van der Waals surface area (Å²) in [6.45, 7) is 1.39. The molecule has 11 heteroatoms. The first-order chi connectivity index (χ1) is 11.5. The van der Waals surface area contributed by atoms with Crippen molar-refractivity contribution in [2.75, 3.05) is 0 Å². The molecule has 1 aromatic carbocycles. The smallest absolute Gasteiger partial charge is 0.294 e. The minimum Gasteiger partial charge on any atom is -0.494 e. The van der Waals surface area contributed by atoms with E-state index in [0.717, 1.165) is 16.7 Å². The van der Waals surface area contributed by atoms with Crippen molar-refractivity contribution >= 4 is 27.4 Å². The normalized spacial score (nSPS) is 11.8. The average molecular weight is 366 g/mol. The Kier molecular flexibility index (Phi) is 4.72. The number of amides is 1. The molecule has 1 aromatic heterocycles. The third-order valence-corrected chi connectivity index (χ3v) is 4.29. The van der Waals surface area contributed by atoms with Gasteiger partial charge < -0.3 is 10.8 Å². The van der Waals surface area contributed by atoms with Gasteiger partial charge in [-0.25, -0.2) is 0 Å². The van der Waals surface area contributed by atoms with Crippen LogP contribution in [0.3, 0.4) is 0 Å². The van der Waals surface area contributed by atoms with Crippen molar-refractivity contribution in [3.05, 3.63) is 45.7 Å². The third kappa shape index (κ3) is 3.56. The van der Waals surface area contributed by atoms with Gasteiger partial charge in [0.2, 0.25) is 5.88 Å². The molecule has 0 saturated heterocycles. The van der Waals surface area contributed by atoms with E-state index in [2.05, 4.69) is 10.2 Å². The van der Waals surface area contributed by atoms with Gasteiger partial charge in [0.15, 0.2) is 5.69 Å².